The molecule has 4 aliphatic rings. The fourth-order valence-corrected chi connectivity index (χ4v) is 7.71. The molecule has 0 heterocycles. The zero-order chi connectivity index (χ0) is 19.4. The maximum atomic E-state index is 12.0. The van der Waals surface area contributed by atoms with Gasteiger partial charge in [0.25, 0.3) is 0 Å². The first kappa shape index (κ1) is 19.5. The van der Waals surface area contributed by atoms with Crippen LogP contribution in [0.5, 0.6) is 0 Å². The van der Waals surface area contributed by atoms with Crippen molar-refractivity contribution in [1.29, 1.82) is 0 Å². The number of esters is 1. The molecule has 6 atom stereocenters. The second-order valence-electron chi connectivity index (χ2n) is 9.60. The molecule has 0 aromatic rings. The van der Waals surface area contributed by atoms with Gasteiger partial charge in [0, 0.05) is 41.4 Å². The Hall–Kier alpha value is -0.830. The lowest BCUT2D eigenvalue weighted by molar-refractivity contribution is -0.169. The first-order chi connectivity index (χ1) is 12.8. The maximum absolute atomic E-state index is 12.0. The monoisotopic (exact) mass is 480 g/mol. The molecule has 4 rings (SSSR count). The molecule has 0 aromatic heterocycles. The van der Waals surface area contributed by atoms with E-state index >= 15 is 0 Å². The minimum atomic E-state index is -0.630. The number of carbonyl (C=O) groups excluding carboxylic acids is 2. The highest BCUT2D eigenvalue weighted by Crippen LogP contribution is 2.68. The summed E-state index contributed by atoms with van der Waals surface area (Å²) in [7, 11) is 0. The van der Waals surface area contributed by atoms with Crippen LogP contribution in [-0.2, 0) is 14.3 Å². The molecule has 0 N–H and O–H groups in total. The zero-order valence-corrected chi connectivity index (χ0v) is 18.7. The highest BCUT2D eigenvalue weighted by molar-refractivity contribution is 14.1. The predicted molar refractivity (Wildman–Crippen MR) is 113 cm³/mol. The smallest absolute Gasteiger partial charge is 0.304 e. The van der Waals surface area contributed by atoms with Crippen molar-refractivity contribution < 1.29 is 14.3 Å². The van der Waals surface area contributed by atoms with E-state index in [4.69, 9.17) is 4.74 Å². The normalized spacial score (nSPS) is 45.6. The van der Waals surface area contributed by atoms with Gasteiger partial charge in [-0.05, 0) is 84.0 Å². The van der Waals surface area contributed by atoms with Crippen molar-refractivity contribution in [3.63, 3.8) is 0 Å². The molecule has 3 fully saturated rings. The van der Waals surface area contributed by atoms with Gasteiger partial charge in [0.1, 0.15) is 0 Å². The topological polar surface area (TPSA) is 43.4 Å². The number of hydrogen-bond acceptors (Lipinski definition) is 3. The Bertz CT molecular complexity index is 774. The van der Waals surface area contributed by atoms with Crippen LogP contribution in [0, 0.1) is 38.4 Å². The molecule has 0 radical (unpaired) electrons. The lowest BCUT2D eigenvalue weighted by Gasteiger charge is -2.58. The molecular formula is C23H29IO3. The third-order valence-electron chi connectivity index (χ3n) is 8.65. The van der Waals surface area contributed by atoms with Gasteiger partial charge in [-0.3, -0.25) is 9.59 Å². The van der Waals surface area contributed by atoms with E-state index in [1.807, 2.05) is 6.08 Å². The molecular weight excluding hydrogens is 451 g/mol. The fourth-order valence-electron chi connectivity index (χ4n) is 7.28. The van der Waals surface area contributed by atoms with Crippen molar-refractivity contribution >= 4 is 34.3 Å². The minimum absolute atomic E-state index is 0.0694. The van der Waals surface area contributed by atoms with Crippen molar-refractivity contribution in [2.75, 3.05) is 0 Å². The second-order valence-corrected chi connectivity index (χ2v) is 10.1. The van der Waals surface area contributed by atoms with E-state index in [0.29, 0.717) is 30.0 Å². The predicted octanol–water partition coefficient (Wildman–Crippen LogP) is 5.22. The van der Waals surface area contributed by atoms with E-state index < -0.39 is 5.60 Å². The van der Waals surface area contributed by atoms with E-state index in [1.165, 1.54) is 12.5 Å². The Balaban J connectivity index is 1.70. The summed E-state index contributed by atoms with van der Waals surface area (Å²) in [5.41, 5.74) is 0.884. The van der Waals surface area contributed by atoms with Gasteiger partial charge >= 0.3 is 5.97 Å². The zero-order valence-electron chi connectivity index (χ0n) is 16.6. The molecule has 27 heavy (non-hydrogen) atoms. The number of fused-ring (bicyclic) bond motifs is 5. The third kappa shape index (κ3) is 2.74. The molecule has 0 spiro atoms. The minimum Gasteiger partial charge on any atom is -0.445 e. The molecule has 4 aliphatic carbocycles. The lowest BCUT2D eigenvalue weighted by Crippen LogP contribution is -2.55. The molecule has 0 bridgehead atoms. The Kier molecular flexibility index (Phi) is 4.77. The SMILES string of the molecule is CC(=O)OC1(C#CI)CC[C@H]2[C@@H]3CCC4=CC(=O)CC[C@]4(C)[C@@H]3CC[C@@]21C. The van der Waals surface area contributed by atoms with Gasteiger partial charge in [-0.1, -0.05) is 19.4 Å². The summed E-state index contributed by atoms with van der Waals surface area (Å²) in [6, 6.07) is 0. The van der Waals surface area contributed by atoms with E-state index in [-0.39, 0.29) is 16.8 Å². The quantitative estimate of drug-likeness (QED) is 0.294. The Morgan fingerprint density at radius 2 is 1.89 bits per heavy atom. The van der Waals surface area contributed by atoms with Crippen molar-refractivity contribution in [2.24, 2.45) is 28.6 Å². The summed E-state index contributed by atoms with van der Waals surface area (Å²) < 4.78 is 9.00. The lowest BCUT2D eigenvalue weighted by atomic mass is 9.46. The highest BCUT2D eigenvalue weighted by Gasteiger charge is 2.65. The summed E-state index contributed by atoms with van der Waals surface area (Å²) in [5.74, 6) is 5.26. The molecule has 0 saturated heterocycles. The number of allylic oxidation sites excluding steroid dienone is 1. The summed E-state index contributed by atoms with van der Waals surface area (Å²) in [6.45, 7) is 6.24. The van der Waals surface area contributed by atoms with Gasteiger partial charge in [0.05, 0.1) is 0 Å². The van der Waals surface area contributed by atoms with Crippen molar-refractivity contribution in [3.8, 4) is 9.85 Å². The van der Waals surface area contributed by atoms with E-state index in [9.17, 15) is 9.59 Å². The van der Waals surface area contributed by atoms with Crippen LogP contribution in [0.1, 0.15) is 72.1 Å². The summed E-state index contributed by atoms with van der Waals surface area (Å²) in [5, 5.41) is 0. The standard InChI is InChI=1S/C23H29IO3/c1-15(25)27-23(12-13-24)11-8-20-18-5-4-16-14-17(26)6-9-21(16,2)19(18)7-10-22(20,23)3/h14,18-20H,4-11H2,1-3H3/t18-,19-,20+,21+,22+,23?/m1/s1. The Morgan fingerprint density at radius 1 is 1.15 bits per heavy atom. The van der Waals surface area contributed by atoms with Crippen LogP contribution in [0.25, 0.3) is 0 Å². The van der Waals surface area contributed by atoms with E-state index in [0.717, 1.165) is 44.9 Å². The average molecular weight is 480 g/mol. The van der Waals surface area contributed by atoms with Gasteiger partial charge in [-0.25, -0.2) is 0 Å². The van der Waals surface area contributed by atoms with E-state index in [2.05, 4.69) is 46.3 Å². The molecule has 3 saturated carbocycles. The van der Waals surface area contributed by atoms with Gasteiger partial charge < -0.3 is 4.74 Å². The molecule has 3 nitrogen and oxygen atoms in total. The van der Waals surface area contributed by atoms with Crippen molar-refractivity contribution in [3.05, 3.63) is 11.6 Å². The van der Waals surface area contributed by atoms with Crippen LogP contribution < -0.4 is 0 Å². The van der Waals surface area contributed by atoms with Gasteiger partial charge in [0.15, 0.2) is 11.4 Å². The van der Waals surface area contributed by atoms with Crippen LogP contribution in [0.15, 0.2) is 11.6 Å². The second kappa shape index (κ2) is 6.61. The molecule has 4 heteroatoms. The maximum Gasteiger partial charge on any atom is 0.304 e. The number of hydrogen-bond donors (Lipinski definition) is 0. The van der Waals surface area contributed by atoms with E-state index in [1.54, 1.807) is 0 Å². The number of rotatable bonds is 1. The summed E-state index contributed by atoms with van der Waals surface area (Å²) in [4.78, 5) is 23.9. The fraction of sp³-hybridized carbons (Fsp3) is 0.739. The van der Waals surface area contributed by atoms with Crippen LogP contribution in [-0.4, -0.2) is 17.4 Å². The Labute approximate surface area is 176 Å². The largest absolute Gasteiger partial charge is 0.445 e. The number of ether oxygens (including phenoxy) is 1. The van der Waals surface area contributed by atoms with Crippen LogP contribution in [0.2, 0.25) is 0 Å². The summed E-state index contributed by atoms with van der Waals surface area (Å²) in [6.07, 6.45) is 10.0. The number of halogens is 1. The third-order valence-corrected chi connectivity index (χ3v) is 8.92. The Morgan fingerprint density at radius 3 is 2.59 bits per heavy atom. The van der Waals surface area contributed by atoms with Crippen LogP contribution in [0.3, 0.4) is 0 Å². The van der Waals surface area contributed by atoms with Crippen molar-refractivity contribution in [2.45, 2.75) is 77.7 Å². The first-order valence-corrected chi connectivity index (χ1v) is 11.4. The van der Waals surface area contributed by atoms with Gasteiger partial charge in [0.2, 0.25) is 0 Å². The van der Waals surface area contributed by atoms with Crippen LogP contribution >= 0.6 is 22.6 Å². The summed E-state index contributed by atoms with van der Waals surface area (Å²) >= 11 is 2.08. The molecule has 0 aromatic carbocycles. The van der Waals surface area contributed by atoms with Gasteiger partial charge in [-0.2, -0.15) is 0 Å². The molecule has 146 valence electrons. The molecule has 0 aliphatic heterocycles. The van der Waals surface area contributed by atoms with Crippen molar-refractivity contribution in [1.82, 2.24) is 0 Å². The average Bonchev–Trinajstić information content (AvgIpc) is 2.88. The molecule has 0 amide bonds. The number of carbonyl (C=O) groups is 2. The molecule has 1 unspecified atom stereocenters. The van der Waals surface area contributed by atoms with Gasteiger partial charge in [-0.15, -0.1) is 0 Å². The highest BCUT2D eigenvalue weighted by atomic mass is 127. The van der Waals surface area contributed by atoms with Crippen LogP contribution in [0.4, 0.5) is 0 Å². The number of ketones is 1. The first-order valence-electron chi connectivity index (χ1n) is 10.3.